The van der Waals surface area contributed by atoms with E-state index < -0.39 is 40.9 Å². The minimum absolute atomic E-state index is 1.05. The zero-order chi connectivity index (χ0) is 12.5. The van der Waals surface area contributed by atoms with Crippen molar-refractivity contribution in [2.75, 3.05) is 7.05 Å². The highest BCUT2D eigenvalue weighted by Crippen LogP contribution is 2.28. The molecule has 0 heterocycles. The smallest absolute Gasteiger partial charge is 0.404 e. The summed E-state index contributed by atoms with van der Waals surface area (Å²) in [4.78, 5) is 10.6. The number of hydrogen-bond acceptors (Lipinski definition) is 2. The van der Waals surface area contributed by atoms with E-state index in [0.717, 1.165) is 7.05 Å². The molecule has 0 saturated carbocycles. The van der Waals surface area contributed by atoms with Crippen LogP contribution in [0.4, 0.5) is 26.7 Å². The van der Waals surface area contributed by atoms with Crippen LogP contribution in [-0.2, 0) is 0 Å². The van der Waals surface area contributed by atoms with Gasteiger partial charge in [0.05, 0.1) is 0 Å². The molecule has 0 atom stereocenters. The van der Waals surface area contributed by atoms with Crippen LogP contribution in [0.1, 0.15) is 0 Å². The summed E-state index contributed by atoms with van der Waals surface area (Å²) in [6, 6.07) is 0. The van der Waals surface area contributed by atoms with E-state index in [1.165, 1.54) is 0 Å². The van der Waals surface area contributed by atoms with Crippen molar-refractivity contribution in [1.82, 2.24) is 5.32 Å². The molecule has 0 saturated heterocycles. The first kappa shape index (κ1) is 12.2. The van der Waals surface area contributed by atoms with Crippen LogP contribution < -0.4 is 10.1 Å². The third-order valence-corrected chi connectivity index (χ3v) is 1.57. The summed E-state index contributed by atoms with van der Waals surface area (Å²) < 4.78 is 67.3. The number of rotatable bonds is 1. The van der Waals surface area contributed by atoms with Crippen LogP contribution in [0.2, 0.25) is 0 Å². The maximum absolute atomic E-state index is 12.9. The van der Waals surface area contributed by atoms with Crippen molar-refractivity contribution >= 4 is 6.09 Å². The maximum atomic E-state index is 12.9. The first-order valence-electron chi connectivity index (χ1n) is 3.81. The Kier molecular flexibility index (Phi) is 3.31. The van der Waals surface area contributed by atoms with Crippen molar-refractivity contribution < 1.29 is 31.5 Å². The summed E-state index contributed by atoms with van der Waals surface area (Å²) in [5.74, 6) is -12.7. The minimum atomic E-state index is -2.32. The first-order valence-corrected chi connectivity index (χ1v) is 3.81. The second-order valence-corrected chi connectivity index (χ2v) is 2.54. The van der Waals surface area contributed by atoms with E-state index in [1.54, 1.807) is 5.32 Å². The summed E-state index contributed by atoms with van der Waals surface area (Å²) in [6.45, 7) is 0. The Bertz CT molecular complexity index is 420. The largest absolute Gasteiger partial charge is 0.412 e. The lowest BCUT2D eigenvalue weighted by Crippen LogP contribution is -2.23. The molecule has 16 heavy (non-hydrogen) atoms. The van der Waals surface area contributed by atoms with E-state index in [0.29, 0.717) is 0 Å². The van der Waals surface area contributed by atoms with E-state index in [9.17, 15) is 26.7 Å². The summed E-state index contributed by atoms with van der Waals surface area (Å²) >= 11 is 0. The monoisotopic (exact) mass is 241 g/mol. The second-order valence-electron chi connectivity index (χ2n) is 2.54. The molecule has 0 aromatic heterocycles. The predicted octanol–water partition coefficient (Wildman–Crippen LogP) is 2.10. The van der Waals surface area contributed by atoms with Gasteiger partial charge in [-0.25, -0.2) is 18.0 Å². The van der Waals surface area contributed by atoms with Crippen molar-refractivity contribution in [3.63, 3.8) is 0 Å². The number of amides is 1. The van der Waals surface area contributed by atoms with Crippen LogP contribution in [0.3, 0.4) is 0 Å². The zero-order valence-corrected chi connectivity index (χ0v) is 7.71. The summed E-state index contributed by atoms with van der Waals surface area (Å²) in [5, 5.41) is 1.79. The van der Waals surface area contributed by atoms with Gasteiger partial charge in [-0.1, -0.05) is 0 Å². The average molecular weight is 241 g/mol. The Morgan fingerprint density at radius 1 is 0.938 bits per heavy atom. The zero-order valence-electron chi connectivity index (χ0n) is 7.71. The summed E-state index contributed by atoms with van der Waals surface area (Å²) in [5.41, 5.74) is 0. The lowest BCUT2D eigenvalue weighted by molar-refractivity contribution is 0.196. The van der Waals surface area contributed by atoms with Gasteiger partial charge in [-0.05, 0) is 0 Å². The molecule has 0 aliphatic rings. The van der Waals surface area contributed by atoms with Crippen LogP contribution >= 0.6 is 0 Å². The molecule has 1 rings (SSSR count). The van der Waals surface area contributed by atoms with E-state index in [-0.39, 0.29) is 0 Å². The predicted molar refractivity (Wildman–Crippen MR) is 41.3 cm³/mol. The molecule has 1 aromatic carbocycles. The molecule has 1 amide bonds. The molecule has 3 nitrogen and oxygen atoms in total. The number of hydrogen-bond donors (Lipinski definition) is 1. The van der Waals surface area contributed by atoms with Gasteiger partial charge in [-0.15, -0.1) is 0 Å². The Morgan fingerprint density at radius 3 is 1.69 bits per heavy atom. The van der Waals surface area contributed by atoms with Crippen molar-refractivity contribution in [3.8, 4) is 5.75 Å². The Morgan fingerprint density at radius 2 is 1.31 bits per heavy atom. The fraction of sp³-hybridized carbons (Fsp3) is 0.125. The van der Waals surface area contributed by atoms with Crippen LogP contribution in [-0.4, -0.2) is 13.1 Å². The second kappa shape index (κ2) is 4.33. The lowest BCUT2D eigenvalue weighted by Gasteiger charge is -2.07. The number of carbonyl (C=O) groups excluding carboxylic acids is 1. The quantitative estimate of drug-likeness (QED) is 0.464. The molecule has 0 bridgehead atoms. The fourth-order valence-electron chi connectivity index (χ4n) is 0.818. The number of carbonyl (C=O) groups is 1. The number of benzene rings is 1. The molecule has 0 aliphatic carbocycles. The van der Waals surface area contributed by atoms with Gasteiger partial charge in [0.2, 0.25) is 34.8 Å². The number of nitrogens with one attached hydrogen (secondary N) is 1. The van der Waals surface area contributed by atoms with E-state index in [4.69, 9.17) is 0 Å². The molecule has 0 aliphatic heterocycles. The van der Waals surface area contributed by atoms with E-state index in [1.807, 2.05) is 0 Å². The Balaban J connectivity index is 3.34. The first-order chi connectivity index (χ1) is 7.40. The van der Waals surface area contributed by atoms with Crippen LogP contribution in [0.15, 0.2) is 0 Å². The van der Waals surface area contributed by atoms with Gasteiger partial charge >= 0.3 is 6.09 Å². The average Bonchev–Trinajstić information content (AvgIpc) is 2.29. The summed E-state index contributed by atoms with van der Waals surface area (Å²) in [6.07, 6.45) is -1.36. The van der Waals surface area contributed by atoms with Gasteiger partial charge in [-0.3, -0.25) is 0 Å². The molecule has 0 unspecified atom stereocenters. The SMILES string of the molecule is CNC(=O)Oc1c(F)c(F)c(F)c(F)c1F. The van der Waals surface area contributed by atoms with Gasteiger partial charge in [0, 0.05) is 7.05 Å². The highest BCUT2D eigenvalue weighted by atomic mass is 19.2. The molecule has 0 radical (unpaired) electrons. The van der Waals surface area contributed by atoms with Crippen LogP contribution in [0, 0.1) is 29.1 Å². The Hall–Kier alpha value is -1.86. The number of ether oxygens (including phenoxy) is 1. The lowest BCUT2D eigenvalue weighted by atomic mass is 10.3. The van der Waals surface area contributed by atoms with Gasteiger partial charge in [0.25, 0.3) is 0 Å². The molecule has 1 N–H and O–H groups in total. The number of halogens is 5. The third-order valence-electron chi connectivity index (χ3n) is 1.57. The molecule has 0 fully saturated rings. The van der Waals surface area contributed by atoms with Crippen molar-refractivity contribution in [2.45, 2.75) is 0 Å². The molecule has 0 spiro atoms. The van der Waals surface area contributed by atoms with Gasteiger partial charge in [-0.2, -0.15) is 8.78 Å². The topological polar surface area (TPSA) is 38.3 Å². The van der Waals surface area contributed by atoms with E-state index >= 15 is 0 Å². The molecular formula is C8H4F5NO2. The molecule has 88 valence electrons. The van der Waals surface area contributed by atoms with Crippen molar-refractivity contribution in [1.29, 1.82) is 0 Å². The molecule has 8 heteroatoms. The minimum Gasteiger partial charge on any atom is -0.404 e. The fourth-order valence-corrected chi connectivity index (χ4v) is 0.818. The third kappa shape index (κ3) is 1.90. The standard InChI is InChI=1S/C8H4F5NO2/c1-14-8(15)16-7-5(12)3(10)2(9)4(11)6(7)13/h1H3,(H,14,15). The van der Waals surface area contributed by atoms with Gasteiger partial charge in [0.1, 0.15) is 0 Å². The maximum Gasteiger partial charge on any atom is 0.412 e. The molecular weight excluding hydrogens is 237 g/mol. The highest BCUT2D eigenvalue weighted by molar-refractivity contribution is 5.70. The van der Waals surface area contributed by atoms with Crippen LogP contribution in [0.5, 0.6) is 5.75 Å². The molecule has 1 aromatic rings. The normalized spacial score (nSPS) is 10.1. The van der Waals surface area contributed by atoms with E-state index in [2.05, 4.69) is 4.74 Å². The van der Waals surface area contributed by atoms with Crippen molar-refractivity contribution in [2.24, 2.45) is 0 Å². The van der Waals surface area contributed by atoms with Crippen LogP contribution in [0.25, 0.3) is 0 Å². The Labute approximate surface area is 85.8 Å². The summed E-state index contributed by atoms with van der Waals surface area (Å²) in [7, 11) is 1.05. The highest BCUT2D eigenvalue weighted by Gasteiger charge is 2.28. The van der Waals surface area contributed by atoms with Crippen molar-refractivity contribution in [3.05, 3.63) is 29.1 Å². The van der Waals surface area contributed by atoms with Gasteiger partial charge in [0.15, 0.2) is 0 Å². The van der Waals surface area contributed by atoms with Gasteiger partial charge < -0.3 is 10.1 Å².